The quantitative estimate of drug-likeness (QED) is 0.783. The maximum absolute atomic E-state index is 12.3. The second-order valence-electron chi connectivity index (χ2n) is 4.65. The van der Waals surface area contributed by atoms with Gasteiger partial charge in [0.25, 0.3) is 5.91 Å². The van der Waals surface area contributed by atoms with Gasteiger partial charge in [-0.05, 0) is 30.2 Å². The Morgan fingerprint density at radius 3 is 2.57 bits per heavy atom. The van der Waals surface area contributed by atoms with Crippen molar-refractivity contribution in [3.8, 4) is 5.75 Å². The SMILES string of the molecule is CCCN(Cc1cccnc1)C(=O)COc1cccnc1. The van der Waals surface area contributed by atoms with Crippen molar-refractivity contribution in [2.45, 2.75) is 19.9 Å². The van der Waals surface area contributed by atoms with Crippen molar-refractivity contribution in [3.63, 3.8) is 0 Å². The van der Waals surface area contributed by atoms with Crippen LogP contribution in [0.5, 0.6) is 5.75 Å². The van der Waals surface area contributed by atoms with Gasteiger partial charge < -0.3 is 9.64 Å². The van der Waals surface area contributed by atoms with Gasteiger partial charge in [0.1, 0.15) is 5.75 Å². The van der Waals surface area contributed by atoms with Gasteiger partial charge in [0.15, 0.2) is 6.61 Å². The van der Waals surface area contributed by atoms with E-state index in [9.17, 15) is 4.79 Å². The summed E-state index contributed by atoms with van der Waals surface area (Å²) in [6.07, 6.45) is 7.66. The fourth-order valence-corrected chi connectivity index (χ4v) is 1.94. The van der Waals surface area contributed by atoms with Gasteiger partial charge in [-0.25, -0.2) is 0 Å². The third-order valence-corrected chi connectivity index (χ3v) is 2.94. The van der Waals surface area contributed by atoms with E-state index in [0.717, 1.165) is 12.0 Å². The van der Waals surface area contributed by atoms with Crippen LogP contribution in [0.2, 0.25) is 0 Å². The molecule has 2 rings (SSSR count). The standard InChI is InChI=1S/C16H19N3O2/c1-2-9-19(12-14-5-3-7-17-10-14)16(20)13-21-15-6-4-8-18-11-15/h3-8,10-11H,2,9,12-13H2,1H3. The molecular weight excluding hydrogens is 266 g/mol. The summed E-state index contributed by atoms with van der Waals surface area (Å²) in [6.45, 7) is 3.32. The number of carbonyl (C=O) groups is 1. The lowest BCUT2D eigenvalue weighted by Gasteiger charge is -2.22. The van der Waals surface area contributed by atoms with E-state index in [1.165, 1.54) is 0 Å². The minimum Gasteiger partial charge on any atom is -0.482 e. The second-order valence-corrected chi connectivity index (χ2v) is 4.65. The minimum absolute atomic E-state index is 0.0198. The Morgan fingerprint density at radius 2 is 1.95 bits per heavy atom. The molecule has 0 spiro atoms. The Bertz CT molecular complexity index is 546. The first kappa shape index (κ1) is 15.0. The first-order valence-corrected chi connectivity index (χ1v) is 6.99. The van der Waals surface area contributed by atoms with Gasteiger partial charge >= 0.3 is 0 Å². The number of hydrogen-bond donors (Lipinski definition) is 0. The van der Waals surface area contributed by atoms with Crippen LogP contribution in [-0.4, -0.2) is 33.9 Å². The lowest BCUT2D eigenvalue weighted by molar-refractivity contribution is -0.134. The highest BCUT2D eigenvalue weighted by Gasteiger charge is 2.14. The molecule has 0 unspecified atom stereocenters. The number of nitrogens with zero attached hydrogens (tertiary/aromatic N) is 3. The number of aromatic nitrogens is 2. The minimum atomic E-state index is -0.0374. The van der Waals surface area contributed by atoms with Crippen LogP contribution in [0.1, 0.15) is 18.9 Å². The molecule has 0 aliphatic heterocycles. The van der Waals surface area contributed by atoms with Crippen molar-refractivity contribution in [1.29, 1.82) is 0 Å². The van der Waals surface area contributed by atoms with Crippen molar-refractivity contribution < 1.29 is 9.53 Å². The van der Waals surface area contributed by atoms with Crippen LogP contribution in [0.25, 0.3) is 0 Å². The molecule has 5 heteroatoms. The summed E-state index contributed by atoms with van der Waals surface area (Å²) in [5, 5.41) is 0. The molecule has 2 aromatic heterocycles. The van der Waals surface area contributed by atoms with Gasteiger partial charge in [0, 0.05) is 31.7 Å². The van der Waals surface area contributed by atoms with Crippen LogP contribution >= 0.6 is 0 Å². The predicted octanol–water partition coefficient (Wildman–Crippen LogP) is 2.29. The zero-order chi connectivity index (χ0) is 14.9. The smallest absolute Gasteiger partial charge is 0.260 e. The zero-order valence-electron chi connectivity index (χ0n) is 12.1. The van der Waals surface area contributed by atoms with Gasteiger partial charge in [-0.2, -0.15) is 0 Å². The highest BCUT2D eigenvalue weighted by Crippen LogP contribution is 2.08. The van der Waals surface area contributed by atoms with Crippen molar-refractivity contribution in [3.05, 3.63) is 54.6 Å². The predicted molar refractivity (Wildman–Crippen MR) is 79.7 cm³/mol. The van der Waals surface area contributed by atoms with E-state index in [1.807, 2.05) is 19.1 Å². The molecule has 0 saturated carbocycles. The van der Waals surface area contributed by atoms with E-state index in [1.54, 1.807) is 41.8 Å². The Labute approximate surface area is 124 Å². The number of amides is 1. The fourth-order valence-electron chi connectivity index (χ4n) is 1.94. The third kappa shape index (κ3) is 4.87. The number of pyridine rings is 2. The second kappa shape index (κ2) is 7.99. The lowest BCUT2D eigenvalue weighted by atomic mass is 10.2. The van der Waals surface area contributed by atoms with E-state index in [-0.39, 0.29) is 12.5 Å². The Kier molecular flexibility index (Phi) is 5.70. The number of hydrogen-bond acceptors (Lipinski definition) is 4. The summed E-state index contributed by atoms with van der Waals surface area (Å²) in [4.78, 5) is 22.1. The average Bonchev–Trinajstić information content (AvgIpc) is 2.54. The van der Waals surface area contributed by atoms with E-state index >= 15 is 0 Å². The molecule has 0 aromatic carbocycles. The van der Waals surface area contributed by atoms with Crippen LogP contribution in [0.3, 0.4) is 0 Å². The Hall–Kier alpha value is -2.43. The van der Waals surface area contributed by atoms with E-state index in [0.29, 0.717) is 18.8 Å². The molecule has 0 saturated heterocycles. The van der Waals surface area contributed by atoms with Gasteiger partial charge in [0.2, 0.25) is 0 Å². The first-order valence-electron chi connectivity index (χ1n) is 6.99. The molecule has 0 aliphatic rings. The third-order valence-electron chi connectivity index (χ3n) is 2.94. The van der Waals surface area contributed by atoms with Crippen LogP contribution in [-0.2, 0) is 11.3 Å². The molecule has 0 bridgehead atoms. The van der Waals surface area contributed by atoms with Crippen molar-refractivity contribution >= 4 is 5.91 Å². The van der Waals surface area contributed by atoms with Gasteiger partial charge in [-0.15, -0.1) is 0 Å². The van der Waals surface area contributed by atoms with Crippen LogP contribution in [0.4, 0.5) is 0 Å². The Morgan fingerprint density at radius 1 is 1.19 bits per heavy atom. The molecule has 0 N–H and O–H groups in total. The van der Waals surface area contributed by atoms with Crippen molar-refractivity contribution in [2.75, 3.05) is 13.2 Å². The summed E-state index contributed by atoms with van der Waals surface area (Å²) in [5.41, 5.74) is 1.01. The van der Waals surface area contributed by atoms with E-state index < -0.39 is 0 Å². The van der Waals surface area contributed by atoms with E-state index in [2.05, 4.69) is 9.97 Å². The average molecular weight is 285 g/mol. The highest BCUT2D eigenvalue weighted by molar-refractivity contribution is 5.77. The molecule has 21 heavy (non-hydrogen) atoms. The topological polar surface area (TPSA) is 55.3 Å². The van der Waals surface area contributed by atoms with Crippen molar-refractivity contribution in [2.24, 2.45) is 0 Å². The maximum Gasteiger partial charge on any atom is 0.260 e. The first-order chi connectivity index (χ1) is 10.3. The summed E-state index contributed by atoms with van der Waals surface area (Å²) in [5.74, 6) is 0.563. The lowest BCUT2D eigenvalue weighted by Crippen LogP contribution is -2.35. The monoisotopic (exact) mass is 285 g/mol. The summed E-state index contributed by atoms with van der Waals surface area (Å²) < 4.78 is 5.46. The molecule has 1 amide bonds. The molecule has 0 atom stereocenters. The Balaban J connectivity index is 1.92. The largest absolute Gasteiger partial charge is 0.482 e. The number of ether oxygens (including phenoxy) is 1. The fraction of sp³-hybridized carbons (Fsp3) is 0.312. The van der Waals surface area contributed by atoms with E-state index in [4.69, 9.17) is 4.74 Å². The highest BCUT2D eigenvalue weighted by atomic mass is 16.5. The van der Waals surface area contributed by atoms with Gasteiger partial charge in [-0.3, -0.25) is 14.8 Å². The molecule has 0 radical (unpaired) electrons. The maximum atomic E-state index is 12.3. The zero-order valence-corrected chi connectivity index (χ0v) is 12.1. The van der Waals surface area contributed by atoms with Crippen LogP contribution < -0.4 is 4.74 Å². The van der Waals surface area contributed by atoms with Gasteiger partial charge in [0.05, 0.1) is 6.20 Å². The van der Waals surface area contributed by atoms with Crippen molar-refractivity contribution in [1.82, 2.24) is 14.9 Å². The normalized spacial score (nSPS) is 10.1. The van der Waals surface area contributed by atoms with Crippen LogP contribution in [0.15, 0.2) is 49.1 Å². The summed E-state index contributed by atoms with van der Waals surface area (Å²) in [6, 6.07) is 7.39. The molecule has 5 nitrogen and oxygen atoms in total. The number of carbonyl (C=O) groups excluding carboxylic acids is 1. The molecule has 2 heterocycles. The van der Waals surface area contributed by atoms with Crippen LogP contribution in [0, 0.1) is 0 Å². The molecule has 0 fully saturated rings. The number of rotatable bonds is 7. The molecule has 2 aromatic rings. The van der Waals surface area contributed by atoms with Gasteiger partial charge in [-0.1, -0.05) is 13.0 Å². The molecule has 110 valence electrons. The molecular formula is C16H19N3O2. The summed E-state index contributed by atoms with van der Waals surface area (Å²) in [7, 11) is 0. The summed E-state index contributed by atoms with van der Waals surface area (Å²) >= 11 is 0. The molecule has 0 aliphatic carbocycles.